The highest BCUT2D eigenvalue weighted by molar-refractivity contribution is 5.45. The molecule has 6 nitrogen and oxygen atoms in total. The third-order valence-electron chi connectivity index (χ3n) is 5.89. The van der Waals surface area contributed by atoms with Crippen LogP contribution in [0.25, 0.3) is 0 Å². The van der Waals surface area contributed by atoms with E-state index < -0.39 is 0 Å². The highest BCUT2D eigenvalue weighted by Gasteiger charge is 2.32. The summed E-state index contributed by atoms with van der Waals surface area (Å²) in [6.45, 7) is 2.80. The minimum absolute atomic E-state index is 0.527. The van der Waals surface area contributed by atoms with Crippen molar-refractivity contribution in [1.29, 1.82) is 0 Å². The van der Waals surface area contributed by atoms with E-state index in [9.17, 15) is 0 Å². The second-order valence-electron chi connectivity index (χ2n) is 7.69. The summed E-state index contributed by atoms with van der Waals surface area (Å²) in [6.07, 6.45) is 8.08. The monoisotopic (exact) mass is 339 g/mol. The molecule has 0 amide bonds. The number of hydrogen-bond acceptors (Lipinski definition) is 6. The molecule has 0 bridgehead atoms. The quantitative estimate of drug-likeness (QED) is 0.851. The van der Waals surface area contributed by atoms with Crippen molar-refractivity contribution in [3.8, 4) is 0 Å². The SMILES string of the molecule is CN(Cc1nc2c(o1)CCCC2)C1CN(c2cc3c(nn2)CCC3)C1. The van der Waals surface area contributed by atoms with Crippen LogP contribution in [0.4, 0.5) is 5.82 Å². The Bertz CT molecular complexity index is 757. The first kappa shape index (κ1) is 15.3. The molecule has 0 spiro atoms. The largest absolute Gasteiger partial charge is 0.444 e. The second-order valence-corrected chi connectivity index (χ2v) is 7.69. The normalized spacial score (nSPS) is 19.8. The lowest BCUT2D eigenvalue weighted by Gasteiger charge is -2.44. The third-order valence-corrected chi connectivity index (χ3v) is 5.89. The Morgan fingerprint density at radius 1 is 1.08 bits per heavy atom. The lowest BCUT2D eigenvalue weighted by molar-refractivity contribution is 0.179. The molecular formula is C19H25N5O. The topological polar surface area (TPSA) is 58.3 Å². The van der Waals surface area contributed by atoms with Crippen LogP contribution in [0, 0.1) is 0 Å². The van der Waals surface area contributed by atoms with Crippen LogP contribution in [0.3, 0.4) is 0 Å². The molecule has 2 aromatic rings. The number of aryl methyl sites for hydroxylation is 4. The van der Waals surface area contributed by atoms with Gasteiger partial charge in [-0.15, -0.1) is 5.10 Å². The Morgan fingerprint density at radius 2 is 1.92 bits per heavy atom. The van der Waals surface area contributed by atoms with E-state index in [0.29, 0.717) is 6.04 Å². The first-order valence-electron chi connectivity index (χ1n) is 9.54. The summed E-state index contributed by atoms with van der Waals surface area (Å²) in [5, 5.41) is 8.83. The van der Waals surface area contributed by atoms with Crippen molar-refractivity contribution in [3.63, 3.8) is 0 Å². The zero-order valence-corrected chi connectivity index (χ0v) is 14.9. The molecule has 0 aromatic carbocycles. The predicted octanol–water partition coefficient (Wildman–Crippen LogP) is 2.15. The Labute approximate surface area is 148 Å². The fourth-order valence-electron chi connectivity index (χ4n) is 4.21. The maximum absolute atomic E-state index is 5.97. The molecular weight excluding hydrogens is 314 g/mol. The molecule has 5 rings (SSSR count). The number of fused-ring (bicyclic) bond motifs is 2. The molecule has 6 heteroatoms. The minimum Gasteiger partial charge on any atom is -0.444 e. The number of anilines is 1. The van der Waals surface area contributed by atoms with Gasteiger partial charge in [-0.1, -0.05) is 0 Å². The van der Waals surface area contributed by atoms with E-state index in [1.54, 1.807) is 0 Å². The van der Waals surface area contributed by atoms with Gasteiger partial charge in [-0.2, -0.15) is 5.10 Å². The molecule has 3 aliphatic rings. The summed E-state index contributed by atoms with van der Waals surface area (Å²) < 4.78 is 5.97. The molecule has 3 heterocycles. The first-order valence-corrected chi connectivity index (χ1v) is 9.54. The van der Waals surface area contributed by atoms with Crippen molar-refractivity contribution >= 4 is 5.82 Å². The average Bonchev–Trinajstić information content (AvgIpc) is 3.18. The predicted molar refractivity (Wildman–Crippen MR) is 94.7 cm³/mol. The summed E-state index contributed by atoms with van der Waals surface area (Å²) in [5.41, 5.74) is 3.79. The molecule has 1 aliphatic heterocycles. The Balaban J connectivity index is 1.19. The second kappa shape index (κ2) is 6.09. The molecule has 25 heavy (non-hydrogen) atoms. The number of oxazole rings is 1. The molecule has 0 unspecified atom stereocenters. The van der Waals surface area contributed by atoms with E-state index in [2.05, 4.69) is 33.1 Å². The van der Waals surface area contributed by atoms with Gasteiger partial charge in [0, 0.05) is 25.6 Å². The summed E-state index contributed by atoms with van der Waals surface area (Å²) in [7, 11) is 2.17. The van der Waals surface area contributed by atoms with E-state index in [4.69, 9.17) is 9.40 Å². The van der Waals surface area contributed by atoms with Crippen LogP contribution in [0.5, 0.6) is 0 Å². The van der Waals surface area contributed by atoms with Crippen molar-refractivity contribution in [2.24, 2.45) is 0 Å². The van der Waals surface area contributed by atoms with Crippen molar-refractivity contribution in [2.75, 3.05) is 25.0 Å². The smallest absolute Gasteiger partial charge is 0.208 e. The summed E-state index contributed by atoms with van der Waals surface area (Å²) in [6, 6.07) is 2.77. The molecule has 0 atom stereocenters. The molecule has 132 valence electrons. The van der Waals surface area contributed by atoms with Gasteiger partial charge in [0.15, 0.2) is 5.82 Å². The third kappa shape index (κ3) is 2.82. The summed E-state index contributed by atoms with van der Waals surface area (Å²) in [4.78, 5) is 9.39. The molecule has 0 radical (unpaired) electrons. The van der Waals surface area contributed by atoms with E-state index in [0.717, 1.165) is 62.8 Å². The maximum atomic E-state index is 5.97. The molecule has 0 N–H and O–H groups in total. The van der Waals surface area contributed by atoms with Crippen LogP contribution in [0.1, 0.15) is 47.9 Å². The van der Waals surface area contributed by atoms with Gasteiger partial charge in [0.05, 0.1) is 17.9 Å². The Kier molecular flexibility index (Phi) is 3.73. The van der Waals surface area contributed by atoms with Crippen molar-refractivity contribution in [1.82, 2.24) is 20.1 Å². The van der Waals surface area contributed by atoms with E-state index in [1.807, 2.05) is 0 Å². The fourth-order valence-corrected chi connectivity index (χ4v) is 4.21. The van der Waals surface area contributed by atoms with Gasteiger partial charge in [0.2, 0.25) is 5.89 Å². The number of rotatable bonds is 4. The van der Waals surface area contributed by atoms with Crippen LogP contribution >= 0.6 is 0 Å². The Hall–Kier alpha value is -1.95. The van der Waals surface area contributed by atoms with Crippen molar-refractivity contribution < 1.29 is 4.42 Å². The number of likely N-dealkylation sites (N-methyl/N-ethyl adjacent to an activating group) is 1. The van der Waals surface area contributed by atoms with Crippen molar-refractivity contribution in [3.05, 3.63) is 34.7 Å². The van der Waals surface area contributed by atoms with Gasteiger partial charge < -0.3 is 9.32 Å². The highest BCUT2D eigenvalue weighted by Crippen LogP contribution is 2.27. The molecule has 0 saturated carbocycles. The van der Waals surface area contributed by atoms with Crippen molar-refractivity contribution in [2.45, 2.75) is 57.5 Å². The van der Waals surface area contributed by atoms with Gasteiger partial charge >= 0.3 is 0 Å². The fraction of sp³-hybridized carbons (Fsp3) is 0.632. The van der Waals surface area contributed by atoms with Crippen LogP contribution in [-0.2, 0) is 32.2 Å². The highest BCUT2D eigenvalue weighted by atomic mass is 16.4. The van der Waals surface area contributed by atoms with Gasteiger partial charge in [0.25, 0.3) is 0 Å². The van der Waals surface area contributed by atoms with E-state index in [-0.39, 0.29) is 0 Å². The van der Waals surface area contributed by atoms with Gasteiger partial charge in [-0.25, -0.2) is 4.98 Å². The van der Waals surface area contributed by atoms with Gasteiger partial charge in [0.1, 0.15) is 5.76 Å². The summed E-state index contributed by atoms with van der Waals surface area (Å²) in [5.74, 6) is 3.04. The minimum atomic E-state index is 0.527. The standard InChI is InChI=1S/C19H25N5O/c1-23(12-19-20-16-6-2-3-8-17(16)25-19)14-10-24(11-14)18-9-13-5-4-7-15(13)21-22-18/h9,14H,2-8,10-12H2,1H3. The van der Waals surface area contributed by atoms with Gasteiger partial charge in [-0.3, -0.25) is 4.90 Å². The zero-order valence-electron chi connectivity index (χ0n) is 14.9. The first-order chi connectivity index (χ1) is 12.3. The van der Waals surface area contributed by atoms with Crippen LogP contribution in [0.15, 0.2) is 10.5 Å². The van der Waals surface area contributed by atoms with Crippen LogP contribution < -0.4 is 4.90 Å². The van der Waals surface area contributed by atoms with Crippen LogP contribution in [0.2, 0.25) is 0 Å². The average molecular weight is 339 g/mol. The number of hydrogen-bond donors (Lipinski definition) is 0. The molecule has 1 fully saturated rings. The lowest BCUT2D eigenvalue weighted by atomic mass is 10.0. The molecule has 1 saturated heterocycles. The molecule has 2 aromatic heterocycles. The van der Waals surface area contributed by atoms with Gasteiger partial charge in [-0.05, 0) is 57.2 Å². The maximum Gasteiger partial charge on any atom is 0.208 e. The van der Waals surface area contributed by atoms with E-state index in [1.165, 1.54) is 36.2 Å². The number of nitrogens with zero attached hydrogens (tertiary/aromatic N) is 5. The Morgan fingerprint density at radius 3 is 2.80 bits per heavy atom. The zero-order chi connectivity index (χ0) is 16.8. The number of aromatic nitrogens is 3. The lowest BCUT2D eigenvalue weighted by Crippen LogP contribution is -2.58. The molecule has 2 aliphatic carbocycles. The van der Waals surface area contributed by atoms with Crippen LogP contribution in [-0.4, -0.2) is 46.3 Å². The van der Waals surface area contributed by atoms with E-state index >= 15 is 0 Å². The summed E-state index contributed by atoms with van der Waals surface area (Å²) >= 11 is 0.